The smallest absolute Gasteiger partial charge is 0.222 e. The molecule has 4 heteroatoms. The van der Waals surface area contributed by atoms with Crippen molar-refractivity contribution in [3.05, 3.63) is 0 Å². The summed E-state index contributed by atoms with van der Waals surface area (Å²) in [5.41, 5.74) is 0. The Hall–Kier alpha value is -0.610. The Morgan fingerprint density at radius 1 is 1.50 bits per heavy atom. The molecule has 0 radical (unpaired) electrons. The van der Waals surface area contributed by atoms with Gasteiger partial charge in [-0.2, -0.15) is 0 Å². The first-order valence-electron chi connectivity index (χ1n) is 6.31. The molecule has 2 rings (SSSR count). The van der Waals surface area contributed by atoms with Crippen LogP contribution in [0.25, 0.3) is 0 Å². The molecule has 2 atom stereocenters. The number of methoxy groups -OCH3 is 1. The minimum Gasteiger partial charge on any atom is -0.380 e. The normalized spacial score (nSPS) is 30.7. The predicted octanol–water partition coefficient (Wildman–Crippen LogP) is 0.623. The molecule has 92 valence electrons. The Balaban J connectivity index is 1.75. The van der Waals surface area contributed by atoms with Crippen molar-refractivity contribution < 1.29 is 9.53 Å². The van der Waals surface area contributed by atoms with E-state index < -0.39 is 0 Å². The summed E-state index contributed by atoms with van der Waals surface area (Å²) in [4.78, 5) is 14.0. The Morgan fingerprint density at radius 3 is 3.00 bits per heavy atom. The maximum absolute atomic E-state index is 12.0. The Labute approximate surface area is 97.3 Å². The summed E-state index contributed by atoms with van der Waals surface area (Å²) in [6, 6.07) is 0. The van der Waals surface area contributed by atoms with Gasteiger partial charge in [-0.25, -0.2) is 0 Å². The molecule has 1 amide bonds. The van der Waals surface area contributed by atoms with Crippen molar-refractivity contribution in [1.29, 1.82) is 0 Å². The molecule has 0 spiro atoms. The van der Waals surface area contributed by atoms with Crippen LogP contribution in [0.15, 0.2) is 0 Å². The Bertz CT molecular complexity index is 239. The lowest BCUT2D eigenvalue weighted by atomic mass is 9.96. The predicted molar refractivity (Wildman–Crippen MR) is 62.2 cm³/mol. The van der Waals surface area contributed by atoms with Crippen LogP contribution in [-0.2, 0) is 9.53 Å². The average molecular weight is 226 g/mol. The van der Waals surface area contributed by atoms with E-state index in [1.807, 2.05) is 4.90 Å². The third-order valence-electron chi connectivity index (χ3n) is 3.69. The minimum atomic E-state index is 0.258. The molecule has 2 fully saturated rings. The zero-order valence-electron chi connectivity index (χ0n) is 10.1. The van der Waals surface area contributed by atoms with Crippen LogP contribution in [-0.4, -0.2) is 50.2 Å². The van der Waals surface area contributed by atoms with E-state index in [1.54, 1.807) is 7.11 Å². The number of likely N-dealkylation sites (tertiary alicyclic amines) is 1. The molecule has 2 unspecified atom stereocenters. The highest BCUT2D eigenvalue weighted by atomic mass is 16.5. The van der Waals surface area contributed by atoms with Gasteiger partial charge < -0.3 is 15.0 Å². The first-order chi connectivity index (χ1) is 7.79. The highest BCUT2D eigenvalue weighted by molar-refractivity contribution is 5.76. The van der Waals surface area contributed by atoms with Crippen molar-refractivity contribution in [3.8, 4) is 0 Å². The van der Waals surface area contributed by atoms with Crippen molar-refractivity contribution in [1.82, 2.24) is 10.2 Å². The zero-order chi connectivity index (χ0) is 11.4. The number of carbonyl (C=O) groups is 1. The number of piperidine rings is 1. The van der Waals surface area contributed by atoms with Crippen LogP contribution >= 0.6 is 0 Å². The molecule has 1 N–H and O–H groups in total. The second-order valence-corrected chi connectivity index (χ2v) is 4.90. The molecule has 2 aliphatic heterocycles. The van der Waals surface area contributed by atoms with Gasteiger partial charge in [-0.05, 0) is 38.3 Å². The van der Waals surface area contributed by atoms with Gasteiger partial charge in [0.15, 0.2) is 0 Å². The van der Waals surface area contributed by atoms with Crippen molar-refractivity contribution >= 4 is 5.91 Å². The fourth-order valence-electron chi connectivity index (χ4n) is 2.62. The first kappa shape index (κ1) is 11.9. The highest BCUT2D eigenvalue weighted by Gasteiger charge is 2.27. The molecule has 16 heavy (non-hydrogen) atoms. The Morgan fingerprint density at radius 2 is 2.38 bits per heavy atom. The zero-order valence-corrected chi connectivity index (χ0v) is 10.1. The van der Waals surface area contributed by atoms with Gasteiger partial charge in [-0.1, -0.05) is 0 Å². The van der Waals surface area contributed by atoms with Gasteiger partial charge >= 0.3 is 0 Å². The summed E-state index contributed by atoms with van der Waals surface area (Å²) in [5.74, 6) is 0.857. The lowest BCUT2D eigenvalue weighted by Gasteiger charge is -2.24. The number of nitrogens with zero attached hydrogens (tertiary/aromatic N) is 1. The van der Waals surface area contributed by atoms with E-state index in [4.69, 9.17) is 4.74 Å². The molecule has 0 aromatic heterocycles. The minimum absolute atomic E-state index is 0.258. The third kappa shape index (κ3) is 2.95. The lowest BCUT2D eigenvalue weighted by Crippen LogP contribution is -2.36. The summed E-state index contributed by atoms with van der Waals surface area (Å²) in [6.45, 7) is 3.78. The average Bonchev–Trinajstić information content (AvgIpc) is 2.79. The van der Waals surface area contributed by atoms with E-state index in [1.165, 1.54) is 12.8 Å². The van der Waals surface area contributed by atoms with Crippen LogP contribution in [0.1, 0.15) is 25.7 Å². The number of ether oxygens (including phenoxy) is 1. The van der Waals surface area contributed by atoms with E-state index in [2.05, 4.69) is 5.32 Å². The largest absolute Gasteiger partial charge is 0.380 e. The number of hydrogen-bond acceptors (Lipinski definition) is 3. The number of carbonyl (C=O) groups excluding carboxylic acids is 1. The molecular weight excluding hydrogens is 204 g/mol. The van der Waals surface area contributed by atoms with Crippen LogP contribution in [0.4, 0.5) is 0 Å². The lowest BCUT2D eigenvalue weighted by molar-refractivity contribution is -0.131. The van der Waals surface area contributed by atoms with Crippen molar-refractivity contribution in [2.75, 3.05) is 33.3 Å². The second kappa shape index (κ2) is 5.64. The van der Waals surface area contributed by atoms with Crippen LogP contribution < -0.4 is 5.32 Å². The summed E-state index contributed by atoms with van der Waals surface area (Å²) < 4.78 is 5.28. The number of nitrogens with one attached hydrogen (secondary N) is 1. The quantitative estimate of drug-likeness (QED) is 0.767. The molecule has 0 aromatic carbocycles. The number of amides is 1. The van der Waals surface area contributed by atoms with E-state index in [-0.39, 0.29) is 6.10 Å². The molecule has 0 bridgehead atoms. The standard InChI is InChI=1S/C12H22N2O2/c1-16-11-4-6-14(9-11)12(15)7-10-3-2-5-13-8-10/h10-11,13H,2-9H2,1H3. The van der Waals surface area contributed by atoms with Gasteiger partial charge in [0.2, 0.25) is 5.91 Å². The third-order valence-corrected chi connectivity index (χ3v) is 3.69. The van der Waals surface area contributed by atoms with Crippen molar-refractivity contribution in [2.45, 2.75) is 31.8 Å². The highest BCUT2D eigenvalue weighted by Crippen LogP contribution is 2.18. The molecule has 2 heterocycles. The van der Waals surface area contributed by atoms with Crippen LogP contribution in [0.2, 0.25) is 0 Å². The van der Waals surface area contributed by atoms with Crippen molar-refractivity contribution in [3.63, 3.8) is 0 Å². The molecule has 0 saturated carbocycles. The van der Waals surface area contributed by atoms with Gasteiger partial charge in [0, 0.05) is 26.6 Å². The van der Waals surface area contributed by atoms with Gasteiger partial charge in [0.1, 0.15) is 0 Å². The Kier molecular flexibility index (Phi) is 4.18. The summed E-state index contributed by atoms with van der Waals surface area (Å²) in [6.07, 6.45) is 4.36. The maximum atomic E-state index is 12.0. The topological polar surface area (TPSA) is 41.6 Å². The molecule has 0 aliphatic carbocycles. The summed E-state index contributed by atoms with van der Waals surface area (Å²) in [7, 11) is 1.73. The van der Waals surface area contributed by atoms with E-state index in [9.17, 15) is 4.79 Å². The number of hydrogen-bond donors (Lipinski definition) is 1. The maximum Gasteiger partial charge on any atom is 0.222 e. The molecular formula is C12H22N2O2. The van der Waals surface area contributed by atoms with Gasteiger partial charge in [0.05, 0.1) is 6.10 Å². The fourth-order valence-corrected chi connectivity index (χ4v) is 2.62. The molecule has 4 nitrogen and oxygen atoms in total. The van der Waals surface area contributed by atoms with Crippen molar-refractivity contribution in [2.24, 2.45) is 5.92 Å². The molecule has 2 saturated heterocycles. The van der Waals surface area contributed by atoms with Crippen LogP contribution in [0.3, 0.4) is 0 Å². The SMILES string of the molecule is COC1CCN(C(=O)CC2CCCNC2)C1. The summed E-state index contributed by atoms with van der Waals surface area (Å²) >= 11 is 0. The van der Waals surface area contributed by atoms with E-state index in [0.717, 1.165) is 32.6 Å². The van der Waals surface area contributed by atoms with Gasteiger partial charge in [-0.3, -0.25) is 4.79 Å². The van der Waals surface area contributed by atoms with Gasteiger partial charge in [0.25, 0.3) is 0 Å². The van der Waals surface area contributed by atoms with E-state index >= 15 is 0 Å². The number of rotatable bonds is 3. The molecule has 0 aromatic rings. The van der Waals surface area contributed by atoms with E-state index in [0.29, 0.717) is 18.2 Å². The first-order valence-corrected chi connectivity index (χ1v) is 6.31. The van der Waals surface area contributed by atoms with Crippen LogP contribution in [0.5, 0.6) is 0 Å². The monoisotopic (exact) mass is 226 g/mol. The fraction of sp³-hybridized carbons (Fsp3) is 0.917. The molecule has 2 aliphatic rings. The second-order valence-electron chi connectivity index (χ2n) is 4.90. The van der Waals surface area contributed by atoms with Gasteiger partial charge in [-0.15, -0.1) is 0 Å². The summed E-state index contributed by atoms with van der Waals surface area (Å²) in [5, 5.41) is 3.36. The van der Waals surface area contributed by atoms with Crippen LogP contribution in [0, 0.1) is 5.92 Å².